The number of aromatic nitrogens is 5. The Morgan fingerprint density at radius 1 is 0.600 bits per heavy atom. The number of nitrogens with zero attached hydrogens (tertiary/aromatic N) is 5. The van der Waals surface area contributed by atoms with Crippen molar-refractivity contribution in [1.29, 1.82) is 0 Å². The van der Waals surface area contributed by atoms with Crippen LogP contribution in [-0.2, 0) is 0 Å². The molecule has 4 rings (SSSR count). The second-order valence-electron chi connectivity index (χ2n) is 5.65. The van der Waals surface area contributed by atoms with Gasteiger partial charge in [0, 0.05) is 41.5 Å². The van der Waals surface area contributed by atoms with Crippen molar-refractivity contribution < 1.29 is 0 Å². The van der Waals surface area contributed by atoms with Gasteiger partial charge < -0.3 is 0 Å². The fraction of sp³-hybridized carbons (Fsp3) is 0.0500. The van der Waals surface area contributed by atoms with Crippen molar-refractivity contribution >= 4 is 0 Å². The highest BCUT2D eigenvalue weighted by Gasteiger charge is 2.12. The molecule has 3 heterocycles. The summed E-state index contributed by atoms with van der Waals surface area (Å²) in [6.45, 7) is 2.05. The Hall–Kier alpha value is -3.47. The Kier molecular flexibility index (Phi) is 3.96. The van der Waals surface area contributed by atoms with Crippen LogP contribution in [0.25, 0.3) is 34.2 Å². The molecule has 0 saturated heterocycles. The molecule has 0 atom stereocenters. The lowest BCUT2D eigenvalue weighted by molar-refractivity contribution is 1.07. The van der Waals surface area contributed by atoms with Gasteiger partial charge in [0.05, 0.1) is 0 Å². The lowest BCUT2D eigenvalue weighted by Crippen LogP contribution is -2.00. The van der Waals surface area contributed by atoms with Gasteiger partial charge in [-0.2, -0.15) is 0 Å². The van der Waals surface area contributed by atoms with E-state index < -0.39 is 0 Å². The summed E-state index contributed by atoms with van der Waals surface area (Å²) in [6.07, 6.45) is 6.95. The fourth-order valence-corrected chi connectivity index (χ4v) is 2.54. The van der Waals surface area contributed by atoms with Crippen LogP contribution in [0, 0.1) is 6.92 Å². The molecule has 0 bridgehead atoms. The molecule has 0 saturated carbocycles. The molecule has 25 heavy (non-hydrogen) atoms. The van der Waals surface area contributed by atoms with Gasteiger partial charge in [-0.15, -0.1) is 0 Å². The highest BCUT2D eigenvalue weighted by molar-refractivity contribution is 5.65. The maximum absolute atomic E-state index is 4.67. The van der Waals surface area contributed by atoms with E-state index in [0.717, 1.165) is 22.3 Å². The monoisotopic (exact) mass is 325 g/mol. The fourth-order valence-electron chi connectivity index (χ4n) is 2.54. The molecule has 4 aromatic rings. The van der Waals surface area contributed by atoms with Crippen LogP contribution in [0.3, 0.4) is 0 Å². The number of hydrogen-bond donors (Lipinski definition) is 0. The van der Waals surface area contributed by atoms with Crippen molar-refractivity contribution in [2.75, 3.05) is 0 Å². The van der Waals surface area contributed by atoms with Crippen molar-refractivity contribution in [2.45, 2.75) is 6.92 Å². The van der Waals surface area contributed by atoms with Gasteiger partial charge in [-0.3, -0.25) is 9.97 Å². The van der Waals surface area contributed by atoms with Crippen LogP contribution in [0.1, 0.15) is 5.56 Å². The molecule has 1 aromatic carbocycles. The second kappa shape index (κ2) is 6.57. The largest absolute Gasteiger partial charge is 0.265 e. The maximum Gasteiger partial charge on any atom is 0.165 e. The van der Waals surface area contributed by atoms with E-state index in [0.29, 0.717) is 17.5 Å². The quantitative estimate of drug-likeness (QED) is 0.570. The number of hydrogen-bond acceptors (Lipinski definition) is 5. The topological polar surface area (TPSA) is 64.5 Å². The third-order valence-electron chi connectivity index (χ3n) is 3.77. The van der Waals surface area contributed by atoms with E-state index >= 15 is 0 Å². The Bertz CT molecular complexity index is 943. The van der Waals surface area contributed by atoms with E-state index in [4.69, 9.17) is 0 Å². The molecule has 5 nitrogen and oxygen atoms in total. The van der Waals surface area contributed by atoms with Crippen molar-refractivity contribution in [2.24, 2.45) is 0 Å². The van der Waals surface area contributed by atoms with Crippen LogP contribution in [0.2, 0.25) is 0 Å². The van der Waals surface area contributed by atoms with E-state index in [1.54, 1.807) is 24.8 Å². The zero-order chi connectivity index (χ0) is 17.1. The first kappa shape index (κ1) is 15.1. The van der Waals surface area contributed by atoms with Crippen molar-refractivity contribution in [3.8, 4) is 34.2 Å². The predicted octanol–water partition coefficient (Wildman–Crippen LogP) is 3.97. The highest BCUT2D eigenvalue weighted by Crippen LogP contribution is 2.24. The molecule has 0 spiro atoms. The van der Waals surface area contributed by atoms with Gasteiger partial charge in [0.25, 0.3) is 0 Å². The third-order valence-corrected chi connectivity index (χ3v) is 3.77. The minimum Gasteiger partial charge on any atom is -0.265 e. The SMILES string of the molecule is Cc1cccc(-c2nc(-c3ccncc3)nc(-c3cccnc3)n2)c1. The summed E-state index contributed by atoms with van der Waals surface area (Å²) >= 11 is 0. The molecular formula is C20H15N5. The minimum absolute atomic E-state index is 0.603. The molecule has 5 heteroatoms. The molecule has 0 N–H and O–H groups in total. The van der Waals surface area contributed by atoms with Crippen molar-refractivity contribution in [1.82, 2.24) is 24.9 Å². The number of benzene rings is 1. The summed E-state index contributed by atoms with van der Waals surface area (Å²) in [5.41, 5.74) is 3.87. The molecule has 0 aliphatic rings. The number of pyridine rings is 2. The van der Waals surface area contributed by atoms with Crippen LogP contribution in [-0.4, -0.2) is 24.9 Å². The molecule has 0 aliphatic heterocycles. The Morgan fingerprint density at radius 2 is 1.28 bits per heavy atom. The molecule has 0 fully saturated rings. The van der Waals surface area contributed by atoms with E-state index in [1.165, 1.54) is 0 Å². The minimum atomic E-state index is 0.603. The zero-order valence-corrected chi connectivity index (χ0v) is 13.7. The Morgan fingerprint density at radius 3 is 1.96 bits per heavy atom. The highest BCUT2D eigenvalue weighted by atomic mass is 15.0. The lowest BCUT2D eigenvalue weighted by Gasteiger charge is -2.08. The molecular weight excluding hydrogens is 310 g/mol. The van der Waals surface area contributed by atoms with E-state index in [9.17, 15) is 0 Å². The molecule has 3 aromatic heterocycles. The van der Waals surface area contributed by atoms with Crippen LogP contribution in [0.15, 0.2) is 73.3 Å². The first-order valence-electron chi connectivity index (χ1n) is 7.93. The molecule has 120 valence electrons. The lowest BCUT2D eigenvalue weighted by atomic mass is 10.1. The van der Waals surface area contributed by atoms with E-state index in [1.807, 2.05) is 36.4 Å². The summed E-state index contributed by atoms with van der Waals surface area (Å²) in [5.74, 6) is 1.86. The number of aryl methyl sites for hydroxylation is 1. The normalized spacial score (nSPS) is 10.6. The second-order valence-corrected chi connectivity index (χ2v) is 5.65. The van der Waals surface area contributed by atoms with E-state index in [-0.39, 0.29) is 0 Å². The van der Waals surface area contributed by atoms with Crippen LogP contribution in [0.5, 0.6) is 0 Å². The number of rotatable bonds is 3. The van der Waals surface area contributed by atoms with Gasteiger partial charge in [-0.25, -0.2) is 15.0 Å². The smallest absolute Gasteiger partial charge is 0.165 e. The third kappa shape index (κ3) is 3.26. The summed E-state index contributed by atoms with van der Waals surface area (Å²) < 4.78 is 0. The Labute approximate surface area is 145 Å². The van der Waals surface area contributed by atoms with Crippen LogP contribution < -0.4 is 0 Å². The van der Waals surface area contributed by atoms with Gasteiger partial charge in [0.2, 0.25) is 0 Å². The van der Waals surface area contributed by atoms with Crippen molar-refractivity contribution in [3.05, 3.63) is 78.9 Å². The van der Waals surface area contributed by atoms with Crippen LogP contribution in [0.4, 0.5) is 0 Å². The summed E-state index contributed by atoms with van der Waals surface area (Å²) in [5, 5.41) is 0. The Balaban J connectivity index is 1.92. The standard InChI is InChI=1S/C20H15N5/c1-14-4-2-5-16(12-14)19-23-18(15-7-10-21-11-8-15)24-20(25-19)17-6-3-9-22-13-17/h2-13H,1H3. The van der Waals surface area contributed by atoms with Gasteiger partial charge >= 0.3 is 0 Å². The summed E-state index contributed by atoms with van der Waals surface area (Å²) in [6, 6.07) is 15.7. The zero-order valence-electron chi connectivity index (χ0n) is 13.7. The van der Waals surface area contributed by atoms with Crippen LogP contribution >= 0.6 is 0 Å². The van der Waals surface area contributed by atoms with E-state index in [2.05, 4.69) is 44.0 Å². The van der Waals surface area contributed by atoms with Gasteiger partial charge in [-0.05, 0) is 37.3 Å². The van der Waals surface area contributed by atoms with Gasteiger partial charge in [0.1, 0.15) is 0 Å². The first-order valence-corrected chi connectivity index (χ1v) is 7.93. The summed E-state index contributed by atoms with van der Waals surface area (Å²) in [7, 11) is 0. The molecule has 0 radical (unpaired) electrons. The molecule has 0 amide bonds. The van der Waals surface area contributed by atoms with Gasteiger partial charge in [-0.1, -0.05) is 23.8 Å². The molecule has 0 unspecified atom stereocenters. The predicted molar refractivity (Wildman–Crippen MR) is 96.5 cm³/mol. The van der Waals surface area contributed by atoms with Gasteiger partial charge in [0.15, 0.2) is 17.5 Å². The maximum atomic E-state index is 4.67. The summed E-state index contributed by atoms with van der Waals surface area (Å²) in [4.78, 5) is 22.2. The first-order chi connectivity index (χ1) is 12.3. The average Bonchev–Trinajstić information content (AvgIpc) is 2.69. The molecule has 0 aliphatic carbocycles. The average molecular weight is 325 g/mol. The van der Waals surface area contributed by atoms with Crippen molar-refractivity contribution in [3.63, 3.8) is 0 Å².